The van der Waals surface area contributed by atoms with E-state index in [1.807, 2.05) is 0 Å². The van der Waals surface area contributed by atoms with Gasteiger partial charge in [0.1, 0.15) is 10.4 Å². The van der Waals surface area contributed by atoms with Crippen LogP contribution in [0.4, 0.5) is 10.1 Å². The van der Waals surface area contributed by atoms with Gasteiger partial charge >= 0.3 is 0 Å². The van der Waals surface area contributed by atoms with Crippen molar-refractivity contribution in [1.82, 2.24) is 4.98 Å². The van der Waals surface area contributed by atoms with Crippen molar-refractivity contribution < 1.29 is 9.18 Å². The Morgan fingerprint density at radius 1 is 1.22 bits per heavy atom. The SMILES string of the molecule is O=C(Nc1ccc(F)cc1Br)c1ccc(Br)nc1. The number of aromatic nitrogens is 1. The number of carbonyl (C=O) groups is 1. The van der Waals surface area contributed by atoms with E-state index in [2.05, 4.69) is 42.2 Å². The van der Waals surface area contributed by atoms with E-state index in [1.54, 1.807) is 12.1 Å². The highest BCUT2D eigenvalue weighted by Gasteiger charge is 2.09. The molecule has 0 bridgehead atoms. The van der Waals surface area contributed by atoms with E-state index in [4.69, 9.17) is 0 Å². The summed E-state index contributed by atoms with van der Waals surface area (Å²) in [6, 6.07) is 7.37. The zero-order chi connectivity index (χ0) is 13.1. The van der Waals surface area contributed by atoms with Gasteiger partial charge in [-0.25, -0.2) is 9.37 Å². The number of benzene rings is 1. The van der Waals surface area contributed by atoms with Crippen molar-refractivity contribution in [3.05, 3.63) is 57.0 Å². The van der Waals surface area contributed by atoms with Crippen LogP contribution in [0.2, 0.25) is 0 Å². The van der Waals surface area contributed by atoms with E-state index < -0.39 is 0 Å². The molecule has 0 spiro atoms. The predicted octanol–water partition coefficient (Wildman–Crippen LogP) is 4.00. The van der Waals surface area contributed by atoms with Crippen molar-refractivity contribution in [3.63, 3.8) is 0 Å². The van der Waals surface area contributed by atoms with Crippen LogP contribution in [0.3, 0.4) is 0 Å². The molecule has 1 heterocycles. The number of nitrogens with zero attached hydrogens (tertiary/aromatic N) is 1. The molecular weight excluding hydrogens is 367 g/mol. The summed E-state index contributed by atoms with van der Waals surface area (Å²) in [7, 11) is 0. The third-order valence-electron chi connectivity index (χ3n) is 2.17. The van der Waals surface area contributed by atoms with Crippen LogP contribution in [-0.4, -0.2) is 10.9 Å². The fourth-order valence-corrected chi connectivity index (χ4v) is 1.98. The second kappa shape index (κ2) is 5.58. The number of anilines is 1. The maximum Gasteiger partial charge on any atom is 0.257 e. The van der Waals surface area contributed by atoms with Crippen LogP contribution < -0.4 is 5.32 Å². The number of halogens is 3. The van der Waals surface area contributed by atoms with Gasteiger partial charge in [0.15, 0.2) is 0 Å². The van der Waals surface area contributed by atoms with Crippen molar-refractivity contribution >= 4 is 43.5 Å². The maximum atomic E-state index is 12.9. The van der Waals surface area contributed by atoms with Gasteiger partial charge in [-0.05, 0) is 62.2 Å². The summed E-state index contributed by atoms with van der Waals surface area (Å²) in [5.41, 5.74) is 0.929. The molecular formula is C12H7Br2FN2O. The molecule has 0 radical (unpaired) electrons. The molecule has 2 aromatic rings. The van der Waals surface area contributed by atoms with Gasteiger partial charge < -0.3 is 5.32 Å². The molecule has 0 saturated carbocycles. The normalized spacial score (nSPS) is 10.2. The van der Waals surface area contributed by atoms with Gasteiger partial charge in [0.2, 0.25) is 0 Å². The Balaban J connectivity index is 2.18. The van der Waals surface area contributed by atoms with Crippen LogP contribution in [0, 0.1) is 5.82 Å². The van der Waals surface area contributed by atoms with E-state index in [-0.39, 0.29) is 11.7 Å². The number of hydrogen-bond donors (Lipinski definition) is 1. The second-order valence-corrected chi connectivity index (χ2v) is 5.11. The number of carbonyl (C=O) groups excluding carboxylic acids is 1. The number of rotatable bonds is 2. The van der Waals surface area contributed by atoms with Gasteiger partial charge in [-0.15, -0.1) is 0 Å². The Morgan fingerprint density at radius 2 is 2.00 bits per heavy atom. The van der Waals surface area contributed by atoms with Crippen LogP contribution in [0.1, 0.15) is 10.4 Å². The molecule has 2 rings (SSSR count). The quantitative estimate of drug-likeness (QED) is 0.808. The summed E-state index contributed by atoms with van der Waals surface area (Å²) >= 11 is 6.37. The molecule has 1 N–H and O–H groups in total. The molecule has 0 aliphatic carbocycles. The number of hydrogen-bond acceptors (Lipinski definition) is 2. The summed E-state index contributed by atoms with van der Waals surface area (Å²) in [4.78, 5) is 15.8. The standard InChI is InChI=1S/C12H7Br2FN2O/c13-9-5-8(15)2-3-10(9)17-12(18)7-1-4-11(14)16-6-7/h1-6H,(H,17,18). The first-order chi connectivity index (χ1) is 8.56. The zero-order valence-corrected chi connectivity index (χ0v) is 12.1. The topological polar surface area (TPSA) is 42.0 Å². The van der Waals surface area contributed by atoms with Gasteiger partial charge in [0.25, 0.3) is 5.91 Å². The van der Waals surface area contributed by atoms with Crippen LogP contribution in [0.25, 0.3) is 0 Å². The van der Waals surface area contributed by atoms with E-state index in [1.165, 1.54) is 24.4 Å². The second-order valence-electron chi connectivity index (χ2n) is 3.45. The molecule has 1 aromatic heterocycles. The molecule has 3 nitrogen and oxygen atoms in total. The molecule has 1 aromatic carbocycles. The van der Waals surface area contributed by atoms with E-state index >= 15 is 0 Å². The van der Waals surface area contributed by atoms with Gasteiger partial charge in [0.05, 0.1) is 11.3 Å². The minimum atomic E-state index is -0.370. The zero-order valence-electron chi connectivity index (χ0n) is 8.95. The highest BCUT2D eigenvalue weighted by molar-refractivity contribution is 9.10. The first kappa shape index (κ1) is 13.2. The minimum Gasteiger partial charge on any atom is -0.321 e. The Hall–Kier alpha value is -1.27. The molecule has 0 fully saturated rings. The van der Waals surface area contributed by atoms with Crippen LogP contribution in [0.15, 0.2) is 45.6 Å². The lowest BCUT2D eigenvalue weighted by Gasteiger charge is -2.07. The van der Waals surface area contributed by atoms with Crippen LogP contribution in [-0.2, 0) is 0 Å². The van der Waals surface area contributed by atoms with Crippen molar-refractivity contribution in [2.45, 2.75) is 0 Å². The van der Waals surface area contributed by atoms with Crippen molar-refractivity contribution in [3.8, 4) is 0 Å². The Morgan fingerprint density at radius 3 is 2.61 bits per heavy atom. The first-order valence-corrected chi connectivity index (χ1v) is 6.53. The molecule has 0 unspecified atom stereocenters. The van der Waals surface area contributed by atoms with E-state index in [0.717, 1.165) is 0 Å². The van der Waals surface area contributed by atoms with E-state index in [0.29, 0.717) is 20.3 Å². The summed E-state index contributed by atoms with van der Waals surface area (Å²) in [5.74, 6) is -0.674. The molecule has 92 valence electrons. The number of amides is 1. The lowest BCUT2D eigenvalue weighted by atomic mass is 10.2. The van der Waals surface area contributed by atoms with Gasteiger partial charge in [-0.3, -0.25) is 4.79 Å². The molecule has 6 heteroatoms. The highest BCUT2D eigenvalue weighted by atomic mass is 79.9. The number of nitrogens with one attached hydrogen (secondary N) is 1. The summed E-state index contributed by atoms with van der Waals surface area (Å²) < 4.78 is 14.0. The maximum absolute atomic E-state index is 12.9. The summed E-state index contributed by atoms with van der Waals surface area (Å²) in [5, 5.41) is 2.67. The predicted molar refractivity (Wildman–Crippen MR) is 74.0 cm³/mol. The van der Waals surface area contributed by atoms with Gasteiger partial charge in [-0.2, -0.15) is 0 Å². The Bertz CT molecular complexity index is 587. The Labute approximate surface area is 120 Å². The van der Waals surface area contributed by atoms with E-state index in [9.17, 15) is 9.18 Å². The minimum absolute atomic E-state index is 0.303. The fraction of sp³-hybridized carbons (Fsp3) is 0. The lowest BCUT2D eigenvalue weighted by molar-refractivity contribution is 0.102. The monoisotopic (exact) mass is 372 g/mol. The molecule has 1 amide bonds. The summed E-state index contributed by atoms with van der Waals surface area (Å²) in [6.07, 6.45) is 1.46. The average molecular weight is 374 g/mol. The first-order valence-electron chi connectivity index (χ1n) is 4.94. The van der Waals surface area contributed by atoms with Crippen molar-refractivity contribution in [2.75, 3.05) is 5.32 Å². The van der Waals surface area contributed by atoms with Crippen LogP contribution in [0.5, 0.6) is 0 Å². The van der Waals surface area contributed by atoms with Crippen molar-refractivity contribution in [1.29, 1.82) is 0 Å². The highest BCUT2D eigenvalue weighted by Crippen LogP contribution is 2.23. The molecule has 0 aliphatic rings. The fourth-order valence-electron chi connectivity index (χ4n) is 1.30. The van der Waals surface area contributed by atoms with Crippen LogP contribution >= 0.6 is 31.9 Å². The third kappa shape index (κ3) is 3.14. The van der Waals surface area contributed by atoms with Gasteiger partial charge in [-0.1, -0.05) is 0 Å². The summed E-state index contributed by atoms with van der Waals surface area (Å²) in [6.45, 7) is 0. The lowest BCUT2D eigenvalue weighted by Crippen LogP contribution is -2.12. The molecule has 0 saturated heterocycles. The van der Waals surface area contributed by atoms with Crippen molar-refractivity contribution in [2.24, 2.45) is 0 Å². The largest absolute Gasteiger partial charge is 0.321 e. The third-order valence-corrected chi connectivity index (χ3v) is 3.29. The van der Waals surface area contributed by atoms with Gasteiger partial charge in [0, 0.05) is 10.7 Å². The molecule has 0 aliphatic heterocycles. The average Bonchev–Trinajstić information content (AvgIpc) is 2.33. The molecule has 18 heavy (non-hydrogen) atoms. The molecule has 0 atom stereocenters. The smallest absolute Gasteiger partial charge is 0.257 e. The number of pyridine rings is 1. The Kier molecular flexibility index (Phi) is 4.08.